The number of allylic oxidation sites excluding steroid dienone is 1. The highest BCUT2D eigenvalue weighted by atomic mass is 16.7. The molecule has 2 nitrogen and oxygen atoms in total. The molecule has 0 radical (unpaired) electrons. The third-order valence-electron chi connectivity index (χ3n) is 5.24. The first-order chi connectivity index (χ1) is 10.1. The topological polar surface area (TPSA) is 18.5 Å². The van der Waals surface area contributed by atoms with Crippen molar-refractivity contribution >= 4 is 0 Å². The maximum Gasteiger partial charge on any atom is 0.157 e. The summed E-state index contributed by atoms with van der Waals surface area (Å²) < 4.78 is 12.0. The lowest BCUT2D eigenvalue weighted by Gasteiger charge is -2.35. The molecule has 0 aromatic rings. The van der Waals surface area contributed by atoms with E-state index in [4.69, 9.17) is 9.47 Å². The van der Waals surface area contributed by atoms with Crippen molar-refractivity contribution in [2.75, 3.05) is 6.61 Å². The summed E-state index contributed by atoms with van der Waals surface area (Å²) in [6.45, 7) is 10.3. The van der Waals surface area contributed by atoms with Crippen molar-refractivity contribution in [3.8, 4) is 0 Å². The Morgan fingerprint density at radius 2 is 2.05 bits per heavy atom. The summed E-state index contributed by atoms with van der Waals surface area (Å²) >= 11 is 0. The van der Waals surface area contributed by atoms with Crippen molar-refractivity contribution in [3.63, 3.8) is 0 Å². The maximum atomic E-state index is 6.24. The van der Waals surface area contributed by atoms with E-state index in [1.807, 2.05) is 0 Å². The second-order valence-corrected chi connectivity index (χ2v) is 7.27. The Morgan fingerprint density at radius 3 is 2.67 bits per heavy atom. The van der Waals surface area contributed by atoms with Crippen LogP contribution in [0.4, 0.5) is 0 Å². The molecule has 1 aliphatic carbocycles. The Balaban J connectivity index is 1.93. The molecule has 0 N–H and O–H groups in total. The van der Waals surface area contributed by atoms with Gasteiger partial charge in [0.25, 0.3) is 0 Å². The predicted octanol–water partition coefficient (Wildman–Crippen LogP) is 5.33. The van der Waals surface area contributed by atoms with E-state index >= 15 is 0 Å². The fraction of sp³-hybridized carbons (Fsp3) is 0.895. The lowest BCUT2D eigenvalue weighted by atomic mass is 9.74. The molecular weight excluding hydrogens is 260 g/mol. The molecule has 0 aromatic heterocycles. The van der Waals surface area contributed by atoms with Gasteiger partial charge in [-0.05, 0) is 56.3 Å². The van der Waals surface area contributed by atoms with Gasteiger partial charge in [0.15, 0.2) is 6.29 Å². The van der Waals surface area contributed by atoms with Crippen molar-refractivity contribution in [2.24, 2.45) is 17.8 Å². The van der Waals surface area contributed by atoms with Crippen LogP contribution in [0, 0.1) is 17.8 Å². The molecule has 4 atom stereocenters. The van der Waals surface area contributed by atoms with Gasteiger partial charge in [0.05, 0.1) is 6.10 Å². The average molecular weight is 294 g/mol. The summed E-state index contributed by atoms with van der Waals surface area (Å²) in [6.07, 6.45) is 11.2. The minimum Gasteiger partial charge on any atom is -0.353 e. The van der Waals surface area contributed by atoms with Gasteiger partial charge in [0, 0.05) is 6.61 Å². The Kier molecular flexibility index (Phi) is 6.75. The van der Waals surface area contributed by atoms with Crippen LogP contribution >= 0.6 is 0 Å². The first-order valence-electron chi connectivity index (χ1n) is 9.07. The molecule has 1 aliphatic heterocycles. The fourth-order valence-corrected chi connectivity index (χ4v) is 4.03. The molecular formula is C19H34O2. The highest BCUT2D eigenvalue weighted by molar-refractivity contribution is 5.13. The van der Waals surface area contributed by atoms with Gasteiger partial charge in [0.1, 0.15) is 0 Å². The van der Waals surface area contributed by atoms with Gasteiger partial charge in [-0.15, -0.1) is 0 Å². The normalized spacial score (nSPS) is 30.0. The summed E-state index contributed by atoms with van der Waals surface area (Å²) in [6, 6.07) is 0. The van der Waals surface area contributed by atoms with Crippen molar-refractivity contribution in [1.82, 2.24) is 0 Å². The summed E-state index contributed by atoms with van der Waals surface area (Å²) in [5.41, 5.74) is 1.64. The monoisotopic (exact) mass is 294 g/mol. The third-order valence-corrected chi connectivity index (χ3v) is 5.24. The Labute approximate surface area is 131 Å². The van der Waals surface area contributed by atoms with E-state index in [-0.39, 0.29) is 6.29 Å². The molecule has 2 rings (SSSR count). The van der Waals surface area contributed by atoms with Gasteiger partial charge < -0.3 is 9.47 Å². The molecule has 0 aromatic carbocycles. The van der Waals surface area contributed by atoms with Gasteiger partial charge in [-0.3, -0.25) is 0 Å². The van der Waals surface area contributed by atoms with Crippen LogP contribution < -0.4 is 0 Å². The maximum absolute atomic E-state index is 6.24. The lowest BCUT2D eigenvalue weighted by molar-refractivity contribution is -0.189. The van der Waals surface area contributed by atoms with Crippen molar-refractivity contribution in [3.05, 3.63) is 11.6 Å². The fourth-order valence-electron chi connectivity index (χ4n) is 4.03. The van der Waals surface area contributed by atoms with E-state index in [1.54, 1.807) is 5.57 Å². The van der Waals surface area contributed by atoms with Gasteiger partial charge in [0.2, 0.25) is 0 Å². The second kappa shape index (κ2) is 8.33. The highest BCUT2D eigenvalue weighted by Crippen LogP contribution is 2.37. The van der Waals surface area contributed by atoms with Crippen LogP contribution in [-0.4, -0.2) is 19.0 Å². The first-order valence-corrected chi connectivity index (χ1v) is 9.07. The molecule has 0 amide bonds. The first kappa shape index (κ1) is 17.0. The third kappa shape index (κ3) is 4.82. The molecule has 4 unspecified atom stereocenters. The highest BCUT2D eigenvalue weighted by Gasteiger charge is 2.29. The van der Waals surface area contributed by atoms with Crippen LogP contribution in [-0.2, 0) is 9.47 Å². The molecule has 2 heteroatoms. The Bertz CT molecular complexity index is 328. The summed E-state index contributed by atoms with van der Waals surface area (Å²) in [4.78, 5) is 0. The van der Waals surface area contributed by atoms with E-state index in [0.717, 1.165) is 37.7 Å². The van der Waals surface area contributed by atoms with Gasteiger partial charge in [-0.2, -0.15) is 0 Å². The SMILES string of the molecule is CCC(C)C(C1=CCCC(OC2CCCCO2)C1)C(C)C. The van der Waals surface area contributed by atoms with E-state index in [2.05, 4.69) is 33.8 Å². The summed E-state index contributed by atoms with van der Waals surface area (Å²) in [7, 11) is 0. The van der Waals surface area contributed by atoms with E-state index in [0.29, 0.717) is 12.0 Å². The number of hydrogen-bond donors (Lipinski definition) is 0. The number of rotatable bonds is 6. The second-order valence-electron chi connectivity index (χ2n) is 7.27. The van der Waals surface area contributed by atoms with Crippen molar-refractivity contribution in [2.45, 2.75) is 85.0 Å². The molecule has 1 saturated heterocycles. The Morgan fingerprint density at radius 1 is 1.24 bits per heavy atom. The van der Waals surface area contributed by atoms with E-state index < -0.39 is 0 Å². The van der Waals surface area contributed by atoms with Gasteiger partial charge in [-0.1, -0.05) is 45.8 Å². The molecule has 122 valence electrons. The van der Waals surface area contributed by atoms with Crippen molar-refractivity contribution < 1.29 is 9.47 Å². The molecule has 0 saturated carbocycles. The lowest BCUT2D eigenvalue weighted by Crippen LogP contribution is -2.31. The van der Waals surface area contributed by atoms with Crippen LogP contribution in [0.3, 0.4) is 0 Å². The molecule has 1 fully saturated rings. The van der Waals surface area contributed by atoms with Gasteiger partial charge in [-0.25, -0.2) is 0 Å². The molecule has 21 heavy (non-hydrogen) atoms. The summed E-state index contributed by atoms with van der Waals surface area (Å²) in [5, 5.41) is 0. The van der Waals surface area contributed by atoms with Crippen molar-refractivity contribution in [1.29, 1.82) is 0 Å². The van der Waals surface area contributed by atoms with Gasteiger partial charge >= 0.3 is 0 Å². The number of ether oxygens (including phenoxy) is 2. The summed E-state index contributed by atoms with van der Waals surface area (Å²) in [5.74, 6) is 2.20. The average Bonchev–Trinajstić information content (AvgIpc) is 2.48. The minimum absolute atomic E-state index is 0.0594. The smallest absolute Gasteiger partial charge is 0.157 e. The van der Waals surface area contributed by atoms with Crippen LogP contribution in [0.25, 0.3) is 0 Å². The predicted molar refractivity (Wildman–Crippen MR) is 88.2 cm³/mol. The van der Waals surface area contributed by atoms with E-state index in [9.17, 15) is 0 Å². The number of hydrogen-bond acceptors (Lipinski definition) is 2. The Hall–Kier alpha value is -0.340. The largest absolute Gasteiger partial charge is 0.353 e. The van der Waals surface area contributed by atoms with E-state index in [1.165, 1.54) is 25.7 Å². The van der Waals surface area contributed by atoms with Crippen LogP contribution in [0.5, 0.6) is 0 Å². The quantitative estimate of drug-likeness (QED) is 0.617. The van der Waals surface area contributed by atoms with Crippen LogP contribution in [0.1, 0.15) is 72.6 Å². The van der Waals surface area contributed by atoms with Crippen LogP contribution in [0.15, 0.2) is 11.6 Å². The zero-order valence-corrected chi connectivity index (χ0v) is 14.4. The molecule has 0 bridgehead atoms. The standard InChI is InChI=1S/C19H34O2/c1-5-15(4)19(14(2)3)16-9-8-10-17(13-16)21-18-11-6-7-12-20-18/h9,14-15,17-19H,5-8,10-13H2,1-4H3. The zero-order chi connectivity index (χ0) is 15.2. The molecule has 1 heterocycles. The minimum atomic E-state index is 0.0594. The zero-order valence-electron chi connectivity index (χ0n) is 14.4. The molecule has 0 spiro atoms. The van der Waals surface area contributed by atoms with Crippen LogP contribution in [0.2, 0.25) is 0 Å². The molecule has 2 aliphatic rings.